The van der Waals surface area contributed by atoms with Crippen LogP contribution < -0.4 is 21.0 Å². The SMILES string of the molecule is Brc1ccc2c(ccn2CCC2CCc3c4c(ccc3=C2C2=NCC3=c5c[c]ccc5=NC3=C2)=c2ccccc2=CC4CCN2CCCCC2)c1. The molecule has 1 fully saturated rings. The first kappa shape index (κ1) is 31.4. The van der Waals surface area contributed by atoms with Gasteiger partial charge in [0, 0.05) is 44.8 Å². The maximum absolute atomic E-state index is 5.38. The highest BCUT2D eigenvalue weighted by atomic mass is 79.9. The molecule has 0 bridgehead atoms. The van der Waals surface area contributed by atoms with Gasteiger partial charge in [-0.2, -0.15) is 0 Å². The molecule has 0 amide bonds. The summed E-state index contributed by atoms with van der Waals surface area (Å²) in [4.78, 5) is 13.2. The first-order valence-corrected chi connectivity index (χ1v) is 19.8. The third-order valence-electron chi connectivity index (χ3n) is 12.1. The number of nitrogens with zero attached hydrogens (tertiary/aromatic N) is 4. The molecule has 5 heteroatoms. The molecule has 1 saturated heterocycles. The Morgan fingerprint density at radius 3 is 2.71 bits per heavy atom. The molecule has 5 aromatic rings. The van der Waals surface area contributed by atoms with Gasteiger partial charge in [0.1, 0.15) is 0 Å². The molecule has 0 N–H and O–H groups in total. The molecule has 5 aliphatic rings. The number of piperidine rings is 1. The van der Waals surface area contributed by atoms with E-state index < -0.39 is 0 Å². The van der Waals surface area contributed by atoms with E-state index in [0.29, 0.717) is 18.4 Å². The summed E-state index contributed by atoms with van der Waals surface area (Å²) in [6.45, 7) is 5.31. The zero-order valence-corrected chi connectivity index (χ0v) is 30.6. The van der Waals surface area contributed by atoms with Gasteiger partial charge in [0.05, 0.1) is 23.3 Å². The number of fused-ring (bicyclic) bond motifs is 7. The standard InChI is InChI=1S/C46H42BrN4/c47-34-13-17-44-32(27-34)20-25-51(44)24-19-30-12-14-38-39(46(30)43-28-42-40(29-48-43)36-10-4-5-11-41(36)49-42)16-15-37-35-9-3-2-8-31(35)26-33(45(37)38)18-23-50-21-6-1-7-22-50/h2-3,5,8-11,13,15-17,20,25-28,30,33H,1,6-7,12,14,18-19,21-24,29H2. The van der Waals surface area contributed by atoms with Gasteiger partial charge in [-0.3, -0.25) is 4.99 Å². The van der Waals surface area contributed by atoms with Crippen molar-refractivity contribution in [2.45, 2.75) is 57.4 Å². The number of halogens is 1. The molecule has 2 aliphatic carbocycles. The van der Waals surface area contributed by atoms with Crippen molar-refractivity contribution in [2.24, 2.45) is 15.9 Å². The molecule has 4 heterocycles. The highest BCUT2D eigenvalue weighted by molar-refractivity contribution is 9.10. The summed E-state index contributed by atoms with van der Waals surface area (Å²) < 4.78 is 3.57. The van der Waals surface area contributed by atoms with E-state index in [0.717, 1.165) is 47.0 Å². The van der Waals surface area contributed by atoms with Crippen LogP contribution in [0.15, 0.2) is 111 Å². The van der Waals surface area contributed by atoms with Crippen LogP contribution in [-0.2, 0) is 13.0 Å². The van der Waals surface area contributed by atoms with Crippen LogP contribution in [0.5, 0.6) is 0 Å². The molecular formula is C46H42BrN4. The van der Waals surface area contributed by atoms with Crippen molar-refractivity contribution in [1.29, 1.82) is 0 Å². The topological polar surface area (TPSA) is 32.9 Å². The lowest BCUT2D eigenvalue weighted by Gasteiger charge is -2.32. The molecule has 0 spiro atoms. The number of likely N-dealkylation sites (tertiary alicyclic amines) is 1. The van der Waals surface area contributed by atoms with Crippen molar-refractivity contribution in [2.75, 3.05) is 26.2 Å². The molecule has 2 unspecified atom stereocenters. The van der Waals surface area contributed by atoms with Gasteiger partial charge < -0.3 is 9.47 Å². The van der Waals surface area contributed by atoms with Crippen LogP contribution in [0.4, 0.5) is 0 Å². The van der Waals surface area contributed by atoms with Crippen LogP contribution >= 0.6 is 15.9 Å². The fraction of sp³-hybridized carbons (Fsp3) is 0.304. The third kappa shape index (κ3) is 5.61. The van der Waals surface area contributed by atoms with E-state index in [1.165, 1.54) is 93.5 Å². The molecule has 253 valence electrons. The Kier molecular flexibility index (Phi) is 8.02. The lowest BCUT2D eigenvalue weighted by molar-refractivity contribution is 0.224. The third-order valence-corrected chi connectivity index (χ3v) is 12.6. The maximum atomic E-state index is 5.38. The first-order chi connectivity index (χ1) is 25.2. The van der Waals surface area contributed by atoms with E-state index >= 15 is 0 Å². The maximum Gasteiger partial charge on any atom is 0.0716 e. The normalized spacial score (nSPS) is 20.7. The average Bonchev–Trinajstić information content (AvgIpc) is 3.76. The van der Waals surface area contributed by atoms with Gasteiger partial charge in [0.25, 0.3) is 0 Å². The van der Waals surface area contributed by atoms with Crippen LogP contribution in [0.25, 0.3) is 28.1 Å². The lowest BCUT2D eigenvalue weighted by atomic mass is 9.74. The quantitative estimate of drug-likeness (QED) is 0.180. The van der Waals surface area contributed by atoms with E-state index in [4.69, 9.17) is 9.98 Å². The summed E-state index contributed by atoms with van der Waals surface area (Å²) in [5.74, 6) is 0.821. The molecule has 0 saturated carbocycles. The summed E-state index contributed by atoms with van der Waals surface area (Å²) in [6, 6.07) is 32.2. The fourth-order valence-electron chi connectivity index (χ4n) is 9.63. The van der Waals surface area contributed by atoms with Crippen LogP contribution in [-0.4, -0.2) is 41.4 Å². The van der Waals surface area contributed by atoms with Gasteiger partial charge in [-0.1, -0.05) is 70.9 Å². The smallest absolute Gasteiger partial charge is 0.0716 e. The predicted octanol–water partition coefficient (Wildman–Crippen LogP) is 6.87. The van der Waals surface area contributed by atoms with E-state index in [9.17, 15) is 0 Å². The number of dihydropyridines is 1. The summed E-state index contributed by atoms with van der Waals surface area (Å²) in [5, 5.41) is 9.15. The van der Waals surface area contributed by atoms with Crippen molar-refractivity contribution >= 4 is 49.8 Å². The Balaban J connectivity index is 1.12. The molecule has 1 radical (unpaired) electrons. The number of allylic oxidation sites excluding steroid dienone is 1. The van der Waals surface area contributed by atoms with Gasteiger partial charge in [-0.15, -0.1) is 0 Å². The molecule has 1 aromatic heterocycles. The Hall–Kier alpha value is -4.32. The van der Waals surface area contributed by atoms with Crippen LogP contribution in [0.1, 0.15) is 55.6 Å². The number of hydrogen-bond acceptors (Lipinski definition) is 3. The number of benzene rings is 4. The van der Waals surface area contributed by atoms with Crippen molar-refractivity contribution in [3.63, 3.8) is 0 Å². The van der Waals surface area contributed by atoms with Gasteiger partial charge >= 0.3 is 0 Å². The Morgan fingerprint density at radius 2 is 1.76 bits per heavy atom. The zero-order chi connectivity index (χ0) is 33.9. The largest absolute Gasteiger partial charge is 0.347 e. The summed E-state index contributed by atoms with van der Waals surface area (Å²) in [7, 11) is 0. The summed E-state index contributed by atoms with van der Waals surface area (Å²) in [5.41, 5.74) is 9.30. The fourth-order valence-corrected chi connectivity index (χ4v) is 10.0. The minimum absolute atomic E-state index is 0.407. The molecule has 2 atom stereocenters. The van der Waals surface area contributed by atoms with Gasteiger partial charge in [-0.05, 0) is 150 Å². The van der Waals surface area contributed by atoms with Crippen molar-refractivity contribution in [3.8, 4) is 0 Å². The number of aliphatic imine (C=N–C) groups is 1. The highest BCUT2D eigenvalue weighted by Crippen LogP contribution is 2.36. The second kappa shape index (κ2) is 13.0. The van der Waals surface area contributed by atoms with Crippen molar-refractivity contribution < 1.29 is 0 Å². The molecule has 51 heavy (non-hydrogen) atoms. The number of aromatic nitrogens is 1. The van der Waals surface area contributed by atoms with E-state index in [2.05, 4.69) is 123 Å². The molecular weight excluding hydrogens is 688 g/mol. The Morgan fingerprint density at radius 1 is 0.863 bits per heavy atom. The molecule has 4 aromatic carbocycles. The van der Waals surface area contributed by atoms with Crippen LogP contribution in [0, 0.1) is 22.4 Å². The second-order valence-electron chi connectivity index (χ2n) is 15.0. The minimum atomic E-state index is 0.407. The number of aryl methyl sites for hydroxylation is 1. The number of hydrogen-bond donors (Lipinski definition) is 0. The molecule has 10 rings (SSSR count). The van der Waals surface area contributed by atoms with Crippen molar-refractivity contribution in [3.05, 3.63) is 150 Å². The summed E-state index contributed by atoms with van der Waals surface area (Å²) in [6.07, 6.45) is 15.7. The van der Waals surface area contributed by atoms with Crippen LogP contribution in [0.3, 0.4) is 0 Å². The first-order valence-electron chi connectivity index (χ1n) is 19.0. The average molecular weight is 731 g/mol. The minimum Gasteiger partial charge on any atom is -0.347 e. The predicted molar refractivity (Wildman–Crippen MR) is 211 cm³/mol. The Bertz CT molecular complexity index is 2640. The summed E-state index contributed by atoms with van der Waals surface area (Å²) >= 11 is 3.66. The Labute approximate surface area is 307 Å². The van der Waals surface area contributed by atoms with E-state index in [1.54, 1.807) is 11.1 Å². The van der Waals surface area contributed by atoms with E-state index in [1.807, 2.05) is 6.07 Å². The monoisotopic (exact) mass is 729 g/mol. The van der Waals surface area contributed by atoms with Crippen LogP contribution in [0.2, 0.25) is 0 Å². The molecule has 4 nitrogen and oxygen atoms in total. The number of rotatable bonds is 7. The van der Waals surface area contributed by atoms with Gasteiger partial charge in [-0.25, -0.2) is 4.99 Å². The lowest BCUT2D eigenvalue weighted by Crippen LogP contribution is -2.34. The van der Waals surface area contributed by atoms with E-state index in [-0.39, 0.29) is 0 Å². The van der Waals surface area contributed by atoms with Crippen molar-refractivity contribution in [1.82, 2.24) is 9.47 Å². The van der Waals surface area contributed by atoms with Gasteiger partial charge in [0.15, 0.2) is 0 Å². The molecule has 3 aliphatic heterocycles. The second-order valence-corrected chi connectivity index (χ2v) is 15.9. The van der Waals surface area contributed by atoms with Gasteiger partial charge in [0.2, 0.25) is 0 Å². The highest BCUT2D eigenvalue weighted by Gasteiger charge is 2.30. The zero-order valence-electron chi connectivity index (χ0n) is 29.0.